The molecule has 4 rings (SSSR count). The molecule has 3 aromatic rings. The molecule has 1 aliphatic rings. The van der Waals surface area contributed by atoms with Crippen molar-refractivity contribution in [3.8, 4) is 11.3 Å². The van der Waals surface area contributed by atoms with Crippen LogP contribution in [-0.2, 0) is 6.42 Å². The van der Waals surface area contributed by atoms with Crippen LogP contribution in [0.4, 0.5) is 5.95 Å². The van der Waals surface area contributed by atoms with Crippen molar-refractivity contribution in [1.82, 2.24) is 20.6 Å². The summed E-state index contributed by atoms with van der Waals surface area (Å²) in [7, 11) is 0. The van der Waals surface area contributed by atoms with Crippen LogP contribution in [-0.4, -0.2) is 48.6 Å². The first kappa shape index (κ1) is 22.2. The summed E-state index contributed by atoms with van der Waals surface area (Å²) in [6, 6.07) is 17.8. The van der Waals surface area contributed by atoms with Crippen molar-refractivity contribution < 1.29 is 4.79 Å². The SMILES string of the molecule is Cc1nc(N2CCNCC2)nc(-c2cccc(Cl)c2)c1C(=O)NCCCc1ccccc1. The lowest BCUT2D eigenvalue weighted by molar-refractivity contribution is 0.0952. The highest BCUT2D eigenvalue weighted by atomic mass is 35.5. The number of aromatic nitrogens is 2. The number of hydrogen-bond acceptors (Lipinski definition) is 5. The van der Waals surface area contributed by atoms with E-state index in [1.54, 1.807) is 0 Å². The van der Waals surface area contributed by atoms with Crippen molar-refractivity contribution in [2.75, 3.05) is 37.6 Å². The largest absolute Gasteiger partial charge is 0.352 e. The molecule has 0 bridgehead atoms. The van der Waals surface area contributed by atoms with Crippen molar-refractivity contribution in [3.63, 3.8) is 0 Å². The Morgan fingerprint density at radius 3 is 2.62 bits per heavy atom. The Bertz CT molecular complexity index is 1070. The zero-order chi connectivity index (χ0) is 22.3. The van der Waals surface area contributed by atoms with E-state index in [2.05, 4.69) is 27.7 Å². The highest BCUT2D eigenvalue weighted by Gasteiger charge is 2.23. The van der Waals surface area contributed by atoms with E-state index in [9.17, 15) is 4.79 Å². The zero-order valence-electron chi connectivity index (χ0n) is 18.3. The summed E-state index contributed by atoms with van der Waals surface area (Å²) in [4.78, 5) is 24.9. The number of rotatable bonds is 7. The van der Waals surface area contributed by atoms with Crippen LogP contribution in [0.15, 0.2) is 54.6 Å². The predicted molar refractivity (Wildman–Crippen MR) is 129 cm³/mol. The van der Waals surface area contributed by atoms with Gasteiger partial charge in [0.1, 0.15) is 0 Å². The quantitative estimate of drug-likeness (QED) is 0.536. The molecule has 2 aromatic carbocycles. The number of nitrogens with one attached hydrogen (secondary N) is 2. The van der Waals surface area contributed by atoms with Gasteiger partial charge in [-0.1, -0.05) is 54.1 Å². The number of anilines is 1. The van der Waals surface area contributed by atoms with E-state index in [-0.39, 0.29) is 5.91 Å². The van der Waals surface area contributed by atoms with E-state index < -0.39 is 0 Å². The normalized spacial score (nSPS) is 13.8. The highest BCUT2D eigenvalue weighted by Crippen LogP contribution is 2.28. The van der Waals surface area contributed by atoms with E-state index >= 15 is 0 Å². The van der Waals surface area contributed by atoms with E-state index in [1.807, 2.05) is 49.4 Å². The van der Waals surface area contributed by atoms with Gasteiger partial charge in [-0.2, -0.15) is 0 Å². The number of aryl methyl sites for hydroxylation is 2. The van der Waals surface area contributed by atoms with Gasteiger partial charge in [-0.05, 0) is 37.5 Å². The van der Waals surface area contributed by atoms with Crippen LogP contribution < -0.4 is 15.5 Å². The number of benzene rings is 2. The third kappa shape index (κ3) is 5.44. The lowest BCUT2D eigenvalue weighted by Gasteiger charge is -2.28. The standard InChI is InChI=1S/C25H28ClN5O/c1-18-22(24(32)28-12-6-9-19-7-3-2-4-8-19)23(20-10-5-11-21(26)17-20)30-25(29-18)31-15-13-27-14-16-31/h2-5,7-8,10-11,17,27H,6,9,12-16H2,1H3,(H,28,32). The van der Waals surface area contributed by atoms with Crippen molar-refractivity contribution in [3.05, 3.63) is 76.4 Å². The number of piperazine rings is 1. The molecule has 1 saturated heterocycles. The number of carbonyl (C=O) groups is 1. The number of amides is 1. The second-order valence-corrected chi connectivity index (χ2v) is 8.36. The predicted octanol–water partition coefficient (Wildman–Crippen LogP) is 3.88. The van der Waals surface area contributed by atoms with Crippen LogP contribution in [0.1, 0.15) is 28.0 Å². The maximum Gasteiger partial charge on any atom is 0.255 e. The molecule has 0 spiro atoms. The van der Waals surface area contributed by atoms with Crippen molar-refractivity contribution in [2.24, 2.45) is 0 Å². The smallest absolute Gasteiger partial charge is 0.255 e. The van der Waals surface area contributed by atoms with Crippen molar-refractivity contribution in [2.45, 2.75) is 19.8 Å². The Morgan fingerprint density at radius 2 is 1.88 bits per heavy atom. The number of halogens is 1. The van der Waals surface area contributed by atoms with Crippen molar-refractivity contribution >= 4 is 23.5 Å². The monoisotopic (exact) mass is 449 g/mol. The second-order valence-electron chi connectivity index (χ2n) is 7.93. The van der Waals surface area contributed by atoms with Gasteiger partial charge in [0.15, 0.2) is 0 Å². The van der Waals surface area contributed by atoms with Gasteiger partial charge in [-0.15, -0.1) is 0 Å². The Labute approximate surface area is 194 Å². The highest BCUT2D eigenvalue weighted by molar-refractivity contribution is 6.30. The average molecular weight is 450 g/mol. The average Bonchev–Trinajstić information content (AvgIpc) is 2.82. The Hall–Kier alpha value is -2.96. The lowest BCUT2D eigenvalue weighted by Crippen LogP contribution is -2.44. The fourth-order valence-electron chi connectivity index (χ4n) is 3.91. The summed E-state index contributed by atoms with van der Waals surface area (Å²) in [6.07, 6.45) is 1.78. The van der Waals surface area contributed by atoms with Gasteiger partial charge in [0.05, 0.1) is 17.0 Å². The van der Waals surface area contributed by atoms with Gasteiger partial charge in [0.2, 0.25) is 5.95 Å². The maximum atomic E-state index is 13.2. The lowest BCUT2D eigenvalue weighted by atomic mass is 10.0. The first-order valence-electron chi connectivity index (χ1n) is 11.0. The van der Waals surface area contributed by atoms with Gasteiger partial charge in [-0.3, -0.25) is 4.79 Å². The van der Waals surface area contributed by atoms with E-state index in [1.165, 1.54) is 5.56 Å². The number of hydrogen-bond donors (Lipinski definition) is 2. The summed E-state index contributed by atoms with van der Waals surface area (Å²) in [6.45, 7) is 5.90. The van der Waals surface area contributed by atoms with Crippen molar-refractivity contribution in [1.29, 1.82) is 0 Å². The number of carbonyl (C=O) groups excluding carboxylic acids is 1. The Balaban J connectivity index is 1.57. The third-order valence-electron chi connectivity index (χ3n) is 5.57. The molecule has 6 nitrogen and oxygen atoms in total. The van der Waals surface area contributed by atoms with Gasteiger partial charge in [0, 0.05) is 43.3 Å². The fraction of sp³-hybridized carbons (Fsp3) is 0.320. The minimum absolute atomic E-state index is 0.155. The topological polar surface area (TPSA) is 70.2 Å². The molecule has 32 heavy (non-hydrogen) atoms. The molecule has 0 radical (unpaired) electrons. The van der Waals surface area contributed by atoms with Crippen LogP contribution in [0.3, 0.4) is 0 Å². The molecule has 1 aromatic heterocycles. The van der Waals surface area contributed by atoms with E-state index in [4.69, 9.17) is 21.6 Å². The maximum absolute atomic E-state index is 13.2. The summed E-state index contributed by atoms with van der Waals surface area (Å²) in [5.41, 5.74) is 3.87. The molecule has 0 saturated carbocycles. The van der Waals surface area contributed by atoms with Gasteiger partial charge < -0.3 is 15.5 Å². The molecule has 2 heterocycles. The van der Waals surface area contributed by atoms with Gasteiger partial charge >= 0.3 is 0 Å². The minimum atomic E-state index is -0.155. The van der Waals surface area contributed by atoms with Gasteiger partial charge in [-0.25, -0.2) is 9.97 Å². The fourth-order valence-corrected chi connectivity index (χ4v) is 4.10. The summed E-state index contributed by atoms with van der Waals surface area (Å²) in [5, 5.41) is 7.01. The van der Waals surface area contributed by atoms with E-state index in [0.29, 0.717) is 34.5 Å². The molecule has 1 fully saturated rings. The second kappa shape index (κ2) is 10.6. The first-order valence-corrected chi connectivity index (χ1v) is 11.4. The molecule has 0 aliphatic carbocycles. The molecule has 2 N–H and O–H groups in total. The van der Waals surface area contributed by atoms with Gasteiger partial charge in [0.25, 0.3) is 5.91 Å². The molecule has 166 valence electrons. The summed E-state index contributed by atoms with van der Waals surface area (Å²) >= 11 is 6.25. The third-order valence-corrected chi connectivity index (χ3v) is 5.81. The van der Waals surface area contributed by atoms with E-state index in [0.717, 1.165) is 44.6 Å². The minimum Gasteiger partial charge on any atom is -0.352 e. The van der Waals surface area contributed by atoms with Crippen LogP contribution >= 0.6 is 11.6 Å². The molecule has 1 aliphatic heterocycles. The molecule has 0 unspecified atom stereocenters. The van der Waals surface area contributed by atoms with Crippen LogP contribution in [0.2, 0.25) is 5.02 Å². The van der Waals surface area contributed by atoms with Crippen LogP contribution in [0.5, 0.6) is 0 Å². The molecule has 0 atom stereocenters. The molecular formula is C25H28ClN5O. The summed E-state index contributed by atoms with van der Waals surface area (Å²) < 4.78 is 0. The molecule has 1 amide bonds. The summed E-state index contributed by atoms with van der Waals surface area (Å²) in [5.74, 6) is 0.497. The number of nitrogens with zero attached hydrogens (tertiary/aromatic N) is 3. The Kier molecular flexibility index (Phi) is 7.35. The van der Waals surface area contributed by atoms with Crippen LogP contribution in [0, 0.1) is 6.92 Å². The zero-order valence-corrected chi connectivity index (χ0v) is 19.0. The molecule has 7 heteroatoms. The van der Waals surface area contributed by atoms with Crippen LogP contribution in [0.25, 0.3) is 11.3 Å². The Morgan fingerprint density at radius 1 is 1.09 bits per heavy atom. The molecular weight excluding hydrogens is 422 g/mol. The first-order chi connectivity index (χ1) is 15.6.